The molecule has 1 aliphatic heterocycles. The molecule has 37 heavy (non-hydrogen) atoms. The molecule has 3 rings (SSSR count). The van der Waals surface area contributed by atoms with Crippen LogP contribution in [-0.2, 0) is 4.74 Å². The summed E-state index contributed by atoms with van der Waals surface area (Å²) >= 11 is 0. The van der Waals surface area contributed by atoms with Gasteiger partial charge in [-0.25, -0.2) is 9.59 Å². The quantitative estimate of drug-likeness (QED) is 0.346. The number of amides is 3. The standard InChI is InChI=1S/C29H42N4O4/c1-5-6-7-8-9-22-36-26-16-12-24(13-17-26)31-27(34)30-23-10-14-25(15-11-23)32-18-20-33(21-19-32)28(35)37-29(2,3)4/h10-17H,5-9,18-22H2,1-4H3,(H2,30,31,34). The molecule has 0 unspecified atom stereocenters. The fourth-order valence-corrected chi connectivity index (χ4v) is 4.05. The monoisotopic (exact) mass is 510 g/mol. The summed E-state index contributed by atoms with van der Waals surface area (Å²) in [5.74, 6) is 0.809. The van der Waals surface area contributed by atoms with Gasteiger partial charge in [-0.3, -0.25) is 0 Å². The van der Waals surface area contributed by atoms with E-state index in [1.165, 1.54) is 25.7 Å². The number of unbranched alkanes of at least 4 members (excludes halogenated alkanes) is 4. The van der Waals surface area contributed by atoms with Crippen LogP contribution in [0.25, 0.3) is 0 Å². The number of rotatable bonds is 10. The van der Waals surface area contributed by atoms with Crippen molar-refractivity contribution in [2.45, 2.75) is 65.4 Å². The van der Waals surface area contributed by atoms with Crippen LogP contribution in [0.15, 0.2) is 48.5 Å². The van der Waals surface area contributed by atoms with E-state index in [1.807, 2.05) is 69.3 Å². The van der Waals surface area contributed by atoms with Gasteiger partial charge in [-0.1, -0.05) is 32.6 Å². The third-order valence-corrected chi connectivity index (χ3v) is 6.05. The van der Waals surface area contributed by atoms with Gasteiger partial charge in [0, 0.05) is 43.2 Å². The zero-order valence-corrected chi connectivity index (χ0v) is 22.7. The van der Waals surface area contributed by atoms with Crippen LogP contribution < -0.4 is 20.3 Å². The molecule has 2 aromatic rings. The van der Waals surface area contributed by atoms with Crippen LogP contribution in [0.5, 0.6) is 5.75 Å². The first-order valence-electron chi connectivity index (χ1n) is 13.4. The van der Waals surface area contributed by atoms with E-state index in [4.69, 9.17) is 9.47 Å². The Morgan fingerprint density at radius 1 is 0.811 bits per heavy atom. The first-order chi connectivity index (χ1) is 17.7. The fraction of sp³-hybridized carbons (Fsp3) is 0.517. The van der Waals surface area contributed by atoms with Crippen molar-refractivity contribution in [3.05, 3.63) is 48.5 Å². The Labute approximate surface area is 221 Å². The van der Waals surface area contributed by atoms with Gasteiger partial charge < -0.3 is 29.9 Å². The lowest BCUT2D eigenvalue weighted by atomic mass is 10.2. The average Bonchev–Trinajstić information content (AvgIpc) is 2.86. The van der Waals surface area contributed by atoms with Crippen molar-refractivity contribution in [1.29, 1.82) is 0 Å². The molecule has 2 aromatic carbocycles. The lowest BCUT2D eigenvalue weighted by Gasteiger charge is -2.36. The number of hydrogen-bond acceptors (Lipinski definition) is 5. The van der Waals surface area contributed by atoms with Crippen LogP contribution in [0.2, 0.25) is 0 Å². The Hall–Kier alpha value is -3.42. The molecule has 0 bridgehead atoms. The zero-order valence-electron chi connectivity index (χ0n) is 22.7. The SMILES string of the molecule is CCCCCCCOc1ccc(NC(=O)Nc2ccc(N3CCN(C(=O)OC(C)(C)C)CC3)cc2)cc1. The molecule has 1 aliphatic rings. The first-order valence-corrected chi connectivity index (χ1v) is 13.4. The van der Waals surface area contributed by atoms with Crippen LogP contribution in [0.3, 0.4) is 0 Å². The molecule has 0 saturated carbocycles. The minimum atomic E-state index is -0.492. The number of carbonyl (C=O) groups is 2. The summed E-state index contributed by atoms with van der Waals surface area (Å²) in [7, 11) is 0. The Kier molecular flexibility index (Phi) is 10.5. The Bertz CT molecular complexity index is 978. The summed E-state index contributed by atoms with van der Waals surface area (Å²) in [4.78, 5) is 28.7. The second-order valence-electron chi connectivity index (χ2n) is 10.4. The summed E-state index contributed by atoms with van der Waals surface area (Å²) in [6, 6.07) is 14.8. The van der Waals surface area contributed by atoms with E-state index in [2.05, 4.69) is 22.5 Å². The molecule has 1 heterocycles. The molecule has 0 aliphatic carbocycles. The molecule has 8 heteroatoms. The number of benzene rings is 2. The molecule has 3 amide bonds. The maximum atomic E-state index is 12.4. The highest BCUT2D eigenvalue weighted by molar-refractivity contribution is 5.99. The number of hydrogen-bond donors (Lipinski definition) is 2. The van der Waals surface area contributed by atoms with E-state index >= 15 is 0 Å². The smallest absolute Gasteiger partial charge is 0.410 e. The van der Waals surface area contributed by atoms with E-state index in [1.54, 1.807) is 4.90 Å². The normalized spacial score (nSPS) is 13.7. The molecular weight excluding hydrogens is 468 g/mol. The zero-order chi connectivity index (χ0) is 26.7. The molecule has 0 radical (unpaired) electrons. The highest BCUT2D eigenvalue weighted by Crippen LogP contribution is 2.21. The van der Waals surface area contributed by atoms with Crippen molar-refractivity contribution in [2.75, 3.05) is 48.3 Å². The fourth-order valence-electron chi connectivity index (χ4n) is 4.05. The highest BCUT2D eigenvalue weighted by atomic mass is 16.6. The number of nitrogens with zero attached hydrogens (tertiary/aromatic N) is 2. The maximum Gasteiger partial charge on any atom is 0.410 e. The van der Waals surface area contributed by atoms with E-state index in [0.29, 0.717) is 31.1 Å². The first kappa shape index (κ1) is 28.2. The molecule has 0 spiro atoms. The number of ether oxygens (including phenoxy) is 2. The van der Waals surface area contributed by atoms with Gasteiger partial charge in [0.25, 0.3) is 0 Å². The van der Waals surface area contributed by atoms with Crippen LogP contribution in [0.1, 0.15) is 59.8 Å². The summed E-state index contributed by atoms with van der Waals surface area (Å²) in [5.41, 5.74) is 1.97. The molecule has 1 saturated heterocycles. The number of carbonyl (C=O) groups excluding carboxylic acids is 2. The third-order valence-electron chi connectivity index (χ3n) is 6.05. The third kappa shape index (κ3) is 9.86. The summed E-state index contributed by atoms with van der Waals surface area (Å²) in [6.45, 7) is 11.2. The highest BCUT2D eigenvalue weighted by Gasteiger charge is 2.25. The number of piperazine rings is 1. The number of anilines is 3. The van der Waals surface area contributed by atoms with Crippen LogP contribution in [0, 0.1) is 0 Å². The largest absolute Gasteiger partial charge is 0.494 e. The van der Waals surface area contributed by atoms with Gasteiger partial charge >= 0.3 is 12.1 Å². The molecule has 8 nitrogen and oxygen atoms in total. The number of urea groups is 1. The van der Waals surface area contributed by atoms with Crippen molar-refractivity contribution in [1.82, 2.24) is 4.90 Å². The second kappa shape index (κ2) is 13.8. The van der Waals surface area contributed by atoms with Gasteiger partial charge in [0.05, 0.1) is 6.61 Å². The van der Waals surface area contributed by atoms with Gasteiger partial charge in [-0.2, -0.15) is 0 Å². The Morgan fingerprint density at radius 2 is 1.38 bits per heavy atom. The maximum absolute atomic E-state index is 12.4. The predicted molar refractivity (Wildman–Crippen MR) is 150 cm³/mol. The topological polar surface area (TPSA) is 83.1 Å². The molecule has 0 aromatic heterocycles. The Morgan fingerprint density at radius 3 is 1.95 bits per heavy atom. The summed E-state index contributed by atoms with van der Waals surface area (Å²) in [5, 5.41) is 5.72. The summed E-state index contributed by atoms with van der Waals surface area (Å²) in [6.07, 6.45) is 5.76. The van der Waals surface area contributed by atoms with Gasteiger partial charge in [0.1, 0.15) is 11.4 Å². The van der Waals surface area contributed by atoms with Crippen LogP contribution in [-0.4, -0.2) is 55.4 Å². The van der Waals surface area contributed by atoms with Gasteiger partial charge in [-0.05, 0) is 75.7 Å². The van der Waals surface area contributed by atoms with Crippen molar-refractivity contribution in [3.8, 4) is 5.75 Å². The van der Waals surface area contributed by atoms with E-state index in [9.17, 15) is 9.59 Å². The lowest BCUT2D eigenvalue weighted by molar-refractivity contribution is 0.0240. The molecular formula is C29H42N4O4. The summed E-state index contributed by atoms with van der Waals surface area (Å²) < 4.78 is 11.2. The van der Waals surface area contributed by atoms with Gasteiger partial charge in [0.15, 0.2) is 0 Å². The molecule has 1 fully saturated rings. The van der Waals surface area contributed by atoms with Gasteiger partial charge in [0.2, 0.25) is 0 Å². The lowest BCUT2D eigenvalue weighted by Crippen LogP contribution is -2.50. The minimum absolute atomic E-state index is 0.266. The molecule has 2 N–H and O–H groups in total. The van der Waals surface area contributed by atoms with E-state index < -0.39 is 5.60 Å². The van der Waals surface area contributed by atoms with E-state index in [-0.39, 0.29) is 12.1 Å². The predicted octanol–water partition coefficient (Wildman–Crippen LogP) is 6.74. The second-order valence-corrected chi connectivity index (χ2v) is 10.4. The van der Waals surface area contributed by atoms with Crippen molar-refractivity contribution in [2.24, 2.45) is 0 Å². The average molecular weight is 511 g/mol. The van der Waals surface area contributed by atoms with Crippen LogP contribution in [0.4, 0.5) is 26.7 Å². The molecule has 0 atom stereocenters. The number of nitrogens with one attached hydrogen (secondary N) is 2. The van der Waals surface area contributed by atoms with Crippen LogP contribution >= 0.6 is 0 Å². The van der Waals surface area contributed by atoms with E-state index in [0.717, 1.165) is 30.9 Å². The Balaban J connectivity index is 1.39. The van der Waals surface area contributed by atoms with Crippen molar-refractivity contribution < 1.29 is 19.1 Å². The van der Waals surface area contributed by atoms with Crippen molar-refractivity contribution >= 4 is 29.2 Å². The van der Waals surface area contributed by atoms with Crippen molar-refractivity contribution in [3.63, 3.8) is 0 Å². The minimum Gasteiger partial charge on any atom is -0.494 e. The molecule has 202 valence electrons. The van der Waals surface area contributed by atoms with Gasteiger partial charge in [-0.15, -0.1) is 0 Å².